The van der Waals surface area contributed by atoms with Crippen LogP contribution >= 0.6 is 0 Å². The summed E-state index contributed by atoms with van der Waals surface area (Å²) in [5, 5.41) is 8.13. The molecule has 2 heterocycles. The van der Waals surface area contributed by atoms with Crippen molar-refractivity contribution in [2.75, 3.05) is 6.61 Å². The Kier molecular flexibility index (Phi) is 5.03. The van der Waals surface area contributed by atoms with Gasteiger partial charge in [-0.1, -0.05) is 25.5 Å². The quantitative estimate of drug-likeness (QED) is 0.764. The number of nitrogens with zero attached hydrogens (tertiary/aromatic N) is 4. The first-order valence-electron chi connectivity index (χ1n) is 7.18. The Labute approximate surface area is 124 Å². The summed E-state index contributed by atoms with van der Waals surface area (Å²) in [4.78, 5) is 16.2. The molecule has 112 valence electrons. The van der Waals surface area contributed by atoms with Gasteiger partial charge in [0.05, 0.1) is 6.61 Å². The molecule has 6 nitrogen and oxygen atoms in total. The molecule has 0 aliphatic carbocycles. The van der Waals surface area contributed by atoms with Crippen LogP contribution in [0.3, 0.4) is 0 Å². The predicted octanol–water partition coefficient (Wildman–Crippen LogP) is 2.56. The Morgan fingerprint density at radius 2 is 2.24 bits per heavy atom. The second-order valence-corrected chi connectivity index (χ2v) is 4.94. The lowest BCUT2D eigenvalue weighted by atomic mass is 10.1. The van der Waals surface area contributed by atoms with Gasteiger partial charge in [0.2, 0.25) is 0 Å². The second-order valence-electron chi connectivity index (χ2n) is 4.94. The highest BCUT2D eigenvalue weighted by Gasteiger charge is 2.22. The highest BCUT2D eigenvalue weighted by Crippen LogP contribution is 2.23. The van der Waals surface area contributed by atoms with Crippen LogP contribution in [-0.2, 0) is 11.3 Å². The zero-order valence-corrected chi connectivity index (χ0v) is 12.6. The van der Waals surface area contributed by atoms with Crippen molar-refractivity contribution in [2.24, 2.45) is 5.92 Å². The van der Waals surface area contributed by atoms with E-state index in [9.17, 15) is 4.79 Å². The number of hydrogen-bond donors (Lipinski definition) is 0. The van der Waals surface area contributed by atoms with Crippen LogP contribution in [0.15, 0.2) is 24.5 Å². The third-order valence-corrected chi connectivity index (χ3v) is 3.32. The van der Waals surface area contributed by atoms with Gasteiger partial charge in [-0.3, -0.25) is 4.98 Å². The van der Waals surface area contributed by atoms with Gasteiger partial charge in [0, 0.05) is 24.5 Å². The lowest BCUT2D eigenvalue weighted by Crippen LogP contribution is -2.11. The summed E-state index contributed by atoms with van der Waals surface area (Å²) in [6.07, 6.45) is 4.42. The summed E-state index contributed by atoms with van der Waals surface area (Å²) in [7, 11) is 0. The van der Waals surface area contributed by atoms with E-state index in [0.717, 1.165) is 12.0 Å². The third kappa shape index (κ3) is 3.45. The van der Waals surface area contributed by atoms with Crippen molar-refractivity contribution in [2.45, 2.75) is 33.7 Å². The van der Waals surface area contributed by atoms with Gasteiger partial charge in [-0.25, -0.2) is 9.48 Å². The fraction of sp³-hybridized carbons (Fsp3) is 0.467. The molecule has 0 N–H and O–H groups in total. The molecular weight excluding hydrogens is 268 g/mol. The standard InChI is InChI=1S/C15H20N4O2/c1-4-11(3)10-19-14(12-7-6-8-16-9-12)13(17-18-19)15(20)21-5-2/h6-9,11H,4-5,10H2,1-3H3. The Hall–Kier alpha value is -2.24. The van der Waals surface area contributed by atoms with Gasteiger partial charge in [0.15, 0.2) is 5.69 Å². The van der Waals surface area contributed by atoms with Crippen LogP contribution in [0, 0.1) is 5.92 Å². The van der Waals surface area contributed by atoms with E-state index in [-0.39, 0.29) is 5.69 Å². The molecule has 2 rings (SSSR count). The van der Waals surface area contributed by atoms with Gasteiger partial charge in [0.1, 0.15) is 5.69 Å². The van der Waals surface area contributed by atoms with E-state index in [2.05, 4.69) is 29.1 Å². The minimum atomic E-state index is -0.452. The van der Waals surface area contributed by atoms with E-state index in [0.29, 0.717) is 24.8 Å². The molecule has 0 aromatic carbocycles. The van der Waals surface area contributed by atoms with Gasteiger partial charge < -0.3 is 4.74 Å². The molecule has 0 bridgehead atoms. The minimum Gasteiger partial charge on any atom is -0.461 e. The van der Waals surface area contributed by atoms with Gasteiger partial charge in [-0.2, -0.15) is 0 Å². The smallest absolute Gasteiger partial charge is 0.361 e. The summed E-state index contributed by atoms with van der Waals surface area (Å²) in [5.74, 6) is -0.0103. The topological polar surface area (TPSA) is 69.9 Å². The molecule has 0 aliphatic heterocycles. The maximum absolute atomic E-state index is 12.0. The molecule has 0 spiro atoms. The molecule has 21 heavy (non-hydrogen) atoms. The number of pyridine rings is 1. The van der Waals surface area contributed by atoms with Crippen molar-refractivity contribution in [1.29, 1.82) is 0 Å². The third-order valence-electron chi connectivity index (χ3n) is 3.32. The summed E-state index contributed by atoms with van der Waals surface area (Å²) < 4.78 is 6.82. The Balaban J connectivity index is 2.45. The maximum Gasteiger partial charge on any atom is 0.361 e. The van der Waals surface area contributed by atoms with Gasteiger partial charge in [0.25, 0.3) is 0 Å². The molecule has 0 fully saturated rings. The van der Waals surface area contributed by atoms with Crippen LogP contribution < -0.4 is 0 Å². The SMILES string of the molecule is CCOC(=O)c1nnn(CC(C)CC)c1-c1cccnc1. The Morgan fingerprint density at radius 1 is 1.43 bits per heavy atom. The number of carbonyl (C=O) groups is 1. The fourth-order valence-corrected chi connectivity index (χ4v) is 1.99. The van der Waals surface area contributed by atoms with E-state index in [1.165, 1.54) is 0 Å². The number of carbonyl (C=O) groups excluding carboxylic acids is 1. The monoisotopic (exact) mass is 288 g/mol. The van der Waals surface area contributed by atoms with Crippen LogP contribution in [0.1, 0.15) is 37.7 Å². The zero-order valence-electron chi connectivity index (χ0n) is 12.6. The largest absolute Gasteiger partial charge is 0.461 e. The fourth-order valence-electron chi connectivity index (χ4n) is 1.99. The lowest BCUT2D eigenvalue weighted by Gasteiger charge is -2.11. The molecule has 2 aromatic rings. The van der Waals surface area contributed by atoms with E-state index in [1.807, 2.05) is 12.1 Å². The van der Waals surface area contributed by atoms with Gasteiger partial charge in [-0.15, -0.1) is 5.10 Å². The van der Waals surface area contributed by atoms with Gasteiger partial charge >= 0.3 is 5.97 Å². The second kappa shape index (κ2) is 6.97. The van der Waals surface area contributed by atoms with Crippen molar-refractivity contribution in [3.8, 4) is 11.3 Å². The number of aromatic nitrogens is 4. The van der Waals surface area contributed by atoms with Crippen LogP contribution in [0.4, 0.5) is 0 Å². The Bertz CT molecular complexity index is 595. The molecule has 1 atom stereocenters. The Morgan fingerprint density at radius 3 is 2.86 bits per heavy atom. The van der Waals surface area contributed by atoms with Crippen molar-refractivity contribution >= 4 is 5.97 Å². The molecule has 1 unspecified atom stereocenters. The molecule has 0 radical (unpaired) electrons. The molecule has 2 aromatic heterocycles. The summed E-state index contributed by atoms with van der Waals surface area (Å²) in [5.41, 5.74) is 1.73. The van der Waals surface area contributed by atoms with E-state index in [1.54, 1.807) is 24.0 Å². The zero-order chi connectivity index (χ0) is 15.2. The summed E-state index contributed by atoms with van der Waals surface area (Å²) in [6, 6.07) is 3.71. The molecule has 0 saturated heterocycles. The molecular formula is C15H20N4O2. The van der Waals surface area contributed by atoms with Crippen molar-refractivity contribution < 1.29 is 9.53 Å². The lowest BCUT2D eigenvalue weighted by molar-refractivity contribution is 0.0520. The van der Waals surface area contributed by atoms with Crippen molar-refractivity contribution in [3.05, 3.63) is 30.2 Å². The first kappa shape index (κ1) is 15.2. The average Bonchev–Trinajstić information content (AvgIpc) is 2.92. The molecule has 6 heteroatoms. The van der Waals surface area contributed by atoms with Crippen LogP contribution in [0.2, 0.25) is 0 Å². The van der Waals surface area contributed by atoms with E-state index in [4.69, 9.17) is 4.74 Å². The predicted molar refractivity (Wildman–Crippen MR) is 78.7 cm³/mol. The summed E-state index contributed by atoms with van der Waals surface area (Å²) >= 11 is 0. The molecule has 0 aliphatic rings. The van der Waals surface area contributed by atoms with Crippen LogP contribution in [0.5, 0.6) is 0 Å². The normalized spacial score (nSPS) is 12.1. The van der Waals surface area contributed by atoms with Crippen molar-refractivity contribution in [1.82, 2.24) is 20.0 Å². The average molecular weight is 288 g/mol. The first-order chi connectivity index (χ1) is 10.2. The maximum atomic E-state index is 12.0. The molecule has 0 amide bonds. The van der Waals surface area contributed by atoms with E-state index >= 15 is 0 Å². The number of hydrogen-bond acceptors (Lipinski definition) is 5. The van der Waals surface area contributed by atoms with Gasteiger partial charge in [-0.05, 0) is 25.0 Å². The first-order valence-corrected chi connectivity index (χ1v) is 7.18. The number of esters is 1. The molecule has 0 saturated carbocycles. The van der Waals surface area contributed by atoms with Crippen LogP contribution in [0.25, 0.3) is 11.3 Å². The highest BCUT2D eigenvalue weighted by atomic mass is 16.5. The highest BCUT2D eigenvalue weighted by molar-refractivity contribution is 5.93. The summed E-state index contributed by atoms with van der Waals surface area (Å²) in [6.45, 7) is 7.04. The van der Waals surface area contributed by atoms with Crippen molar-refractivity contribution in [3.63, 3.8) is 0 Å². The van der Waals surface area contributed by atoms with E-state index < -0.39 is 5.97 Å². The van der Waals surface area contributed by atoms with Crippen LogP contribution in [-0.4, -0.2) is 32.6 Å². The number of ether oxygens (including phenoxy) is 1. The minimum absolute atomic E-state index is 0.244. The number of rotatable bonds is 6.